The third kappa shape index (κ3) is 4.62. The van der Waals surface area contributed by atoms with Gasteiger partial charge < -0.3 is 24.8 Å². The lowest BCUT2D eigenvalue weighted by atomic mass is 9.92. The highest BCUT2D eigenvalue weighted by Crippen LogP contribution is 2.44. The second-order valence-corrected chi connectivity index (χ2v) is 9.94. The van der Waals surface area contributed by atoms with Crippen molar-refractivity contribution in [1.29, 1.82) is 0 Å². The van der Waals surface area contributed by atoms with Crippen LogP contribution in [0.15, 0.2) is 48.5 Å². The fourth-order valence-electron chi connectivity index (χ4n) is 5.70. The van der Waals surface area contributed by atoms with Crippen LogP contribution >= 0.6 is 0 Å². The molecule has 35 heavy (non-hydrogen) atoms. The Morgan fingerprint density at radius 1 is 1.03 bits per heavy atom. The molecule has 0 bridgehead atoms. The van der Waals surface area contributed by atoms with Gasteiger partial charge in [0.05, 0.1) is 19.0 Å². The van der Waals surface area contributed by atoms with E-state index >= 15 is 0 Å². The van der Waals surface area contributed by atoms with E-state index in [2.05, 4.69) is 29.6 Å². The molecule has 2 fully saturated rings. The average molecular weight is 479 g/mol. The Morgan fingerprint density at radius 3 is 2.29 bits per heavy atom. The molecule has 0 spiro atoms. The average Bonchev–Trinajstić information content (AvgIpc) is 3.41. The van der Waals surface area contributed by atoms with Crippen molar-refractivity contribution in [2.75, 3.05) is 26.3 Å². The third-order valence-corrected chi connectivity index (χ3v) is 7.39. The summed E-state index contributed by atoms with van der Waals surface area (Å²) in [6.07, 6.45) is 1.78. The number of likely N-dealkylation sites (tertiary alicyclic amines) is 1. The third-order valence-electron chi connectivity index (χ3n) is 7.39. The molecule has 2 N–H and O–H groups in total. The van der Waals surface area contributed by atoms with E-state index in [9.17, 15) is 14.4 Å². The monoisotopic (exact) mass is 478 g/mol. The van der Waals surface area contributed by atoms with Gasteiger partial charge in [-0.15, -0.1) is 0 Å². The van der Waals surface area contributed by atoms with Crippen molar-refractivity contribution in [3.63, 3.8) is 0 Å². The molecule has 8 heteroatoms. The van der Waals surface area contributed by atoms with Gasteiger partial charge in [0.1, 0.15) is 18.8 Å². The molecule has 2 aromatic rings. The highest BCUT2D eigenvalue weighted by Gasteiger charge is 2.47. The number of carbonyl (C=O) groups is 3. The van der Waals surface area contributed by atoms with Gasteiger partial charge in [0.2, 0.25) is 5.91 Å². The van der Waals surface area contributed by atoms with Gasteiger partial charge in [-0.05, 0) is 42.0 Å². The quantitative estimate of drug-likeness (QED) is 0.632. The number of hydrogen-bond acceptors (Lipinski definition) is 5. The standard InChI is InChI=1S/C27H30N2O6/c1-27(35-14-24(30)31)15-29(16-27)25(32)21-11-6-12-23(21)28-26(33)34-13-22-19-9-4-2-7-17(19)18-8-3-5-10-20(18)22/h2-5,7-10,21-23H,6,11-16H2,1H3,(H,28,33)(H,30,31). The first-order chi connectivity index (χ1) is 16.8. The van der Waals surface area contributed by atoms with E-state index in [1.807, 2.05) is 24.3 Å². The molecule has 1 aliphatic heterocycles. The minimum atomic E-state index is -1.03. The van der Waals surface area contributed by atoms with Gasteiger partial charge in [0.15, 0.2) is 0 Å². The van der Waals surface area contributed by atoms with Gasteiger partial charge in [0.25, 0.3) is 0 Å². The van der Waals surface area contributed by atoms with Gasteiger partial charge in [-0.1, -0.05) is 55.0 Å². The number of aliphatic carboxylic acids is 1. The summed E-state index contributed by atoms with van der Waals surface area (Å²) in [5.41, 5.74) is 4.02. The molecule has 1 heterocycles. The van der Waals surface area contributed by atoms with E-state index in [4.69, 9.17) is 14.6 Å². The molecule has 0 radical (unpaired) electrons. The van der Waals surface area contributed by atoms with Crippen molar-refractivity contribution in [3.8, 4) is 11.1 Å². The van der Waals surface area contributed by atoms with Gasteiger partial charge in [-0.2, -0.15) is 0 Å². The topological polar surface area (TPSA) is 105 Å². The maximum atomic E-state index is 13.0. The number of nitrogens with zero attached hydrogens (tertiary/aromatic N) is 1. The summed E-state index contributed by atoms with van der Waals surface area (Å²) in [6, 6.07) is 16.1. The van der Waals surface area contributed by atoms with Crippen molar-refractivity contribution >= 4 is 18.0 Å². The van der Waals surface area contributed by atoms with Gasteiger partial charge in [-0.25, -0.2) is 9.59 Å². The first-order valence-corrected chi connectivity index (χ1v) is 12.1. The van der Waals surface area contributed by atoms with Crippen molar-refractivity contribution < 1.29 is 29.0 Å². The normalized spacial score (nSPS) is 22.1. The fraction of sp³-hybridized carbons (Fsp3) is 0.444. The number of rotatable bonds is 7. The van der Waals surface area contributed by atoms with E-state index in [1.165, 1.54) is 11.1 Å². The molecule has 3 aliphatic rings. The van der Waals surface area contributed by atoms with E-state index in [0.29, 0.717) is 19.5 Å². The Hall–Kier alpha value is -3.39. The van der Waals surface area contributed by atoms with E-state index < -0.39 is 17.7 Å². The largest absolute Gasteiger partial charge is 0.480 e. The summed E-state index contributed by atoms with van der Waals surface area (Å²) in [5, 5.41) is 11.7. The zero-order valence-corrected chi connectivity index (χ0v) is 19.7. The van der Waals surface area contributed by atoms with Crippen LogP contribution in [-0.4, -0.2) is 65.9 Å². The number of nitrogens with one attached hydrogen (secondary N) is 1. The Labute approximate surface area is 204 Å². The number of carboxylic acids is 1. The summed E-state index contributed by atoms with van der Waals surface area (Å²) in [6.45, 7) is 2.37. The minimum Gasteiger partial charge on any atom is -0.480 e. The maximum Gasteiger partial charge on any atom is 0.407 e. The molecule has 8 nitrogen and oxygen atoms in total. The van der Waals surface area contributed by atoms with Crippen LogP contribution in [0.1, 0.15) is 43.2 Å². The molecule has 1 saturated carbocycles. The van der Waals surface area contributed by atoms with Crippen molar-refractivity contribution in [3.05, 3.63) is 59.7 Å². The molecule has 2 amide bonds. The summed E-state index contributed by atoms with van der Waals surface area (Å²) < 4.78 is 11.1. The number of alkyl carbamates (subject to hydrolysis) is 1. The Balaban J connectivity index is 1.16. The van der Waals surface area contributed by atoms with Crippen molar-refractivity contribution in [2.45, 2.75) is 43.7 Å². The summed E-state index contributed by atoms with van der Waals surface area (Å²) in [5.74, 6) is -1.37. The van der Waals surface area contributed by atoms with Crippen molar-refractivity contribution in [2.24, 2.45) is 5.92 Å². The summed E-state index contributed by atoms with van der Waals surface area (Å²) in [7, 11) is 0. The molecule has 184 valence electrons. The van der Waals surface area contributed by atoms with Crippen LogP contribution in [0.4, 0.5) is 4.79 Å². The lowest BCUT2D eigenvalue weighted by Crippen LogP contribution is -2.65. The number of fused-ring (bicyclic) bond motifs is 3. The van der Waals surface area contributed by atoms with Gasteiger partial charge in [0, 0.05) is 12.0 Å². The Bertz CT molecular complexity index is 1100. The number of carbonyl (C=O) groups excluding carboxylic acids is 2. The molecular formula is C27H30N2O6. The van der Waals surface area contributed by atoms with Crippen LogP contribution < -0.4 is 5.32 Å². The second-order valence-electron chi connectivity index (χ2n) is 9.94. The van der Waals surface area contributed by atoms with Crippen LogP contribution in [0, 0.1) is 5.92 Å². The number of hydrogen-bond donors (Lipinski definition) is 2. The molecule has 2 unspecified atom stereocenters. The zero-order valence-electron chi connectivity index (χ0n) is 19.7. The van der Waals surface area contributed by atoms with Gasteiger partial charge in [-0.3, -0.25) is 4.79 Å². The number of carboxylic acid groups (broad SMARTS) is 1. The van der Waals surface area contributed by atoms with E-state index in [0.717, 1.165) is 24.0 Å². The highest BCUT2D eigenvalue weighted by molar-refractivity contribution is 5.82. The van der Waals surface area contributed by atoms with Crippen LogP contribution in [0.25, 0.3) is 11.1 Å². The fourth-order valence-corrected chi connectivity index (χ4v) is 5.70. The van der Waals surface area contributed by atoms with E-state index in [-0.39, 0.29) is 37.0 Å². The maximum absolute atomic E-state index is 13.0. The molecular weight excluding hydrogens is 448 g/mol. The predicted octanol–water partition coefficient (Wildman–Crippen LogP) is 3.40. The predicted molar refractivity (Wildman–Crippen MR) is 128 cm³/mol. The lowest BCUT2D eigenvalue weighted by Gasteiger charge is -2.48. The highest BCUT2D eigenvalue weighted by atomic mass is 16.5. The van der Waals surface area contributed by atoms with Crippen LogP contribution in [-0.2, 0) is 19.1 Å². The van der Waals surface area contributed by atoms with E-state index in [1.54, 1.807) is 11.8 Å². The molecule has 2 aromatic carbocycles. The second kappa shape index (κ2) is 9.34. The summed E-state index contributed by atoms with van der Waals surface area (Å²) >= 11 is 0. The molecule has 2 aliphatic carbocycles. The zero-order chi connectivity index (χ0) is 24.6. The SMILES string of the molecule is CC1(OCC(=O)O)CN(C(=O)C2CCCC2NC(=O)OCC2c3ccccc3-c3ccccc32)C1. The number of amides is 2. The molecule has 0 aromatic heterocycles. The lowest BCUT2D eigenvalue weighted by molar-refractivity contribution is -0.175. The Morgan fingerprint density at radius 2 is 1.66 bits per heavy atom. The van der Waals surface area contributed by atoms with Crippen LogP contribution in [0.5, 0.6) is 0 Å². The molecule has 5 rings (SSSR count). The number of ether oxygens (including phenoxy) is 2. The number of benzene rings is 2. The van der Waals surface area contributed by atoms with Crippen LogP contribution in [0.3, 0.4) is 0 Å². The first kappa shape index (κ1) is 23.4. The van der Waals surface area contributed by atoms with Crippen molar-refractivity contribution in [1.82, 2.24) is 10.2 Å². The van der Waals surface area contributed by atoms with Gasteiger partial charge >= 0.3 is 12.1 Å². The summed E-state index contributed by atoms with van der Waals surface area (Å²) in [4.78, 5) is 38.2. The first-order valence-electron chi connectivity index (χ1n) is 12.1. The Kier molecular flexibility index (Phi) is 6.23. The molecule has 2 atom stereocenters. The minimum absolute atomic E-state index is 0.0151. The van der Waals surface area contributed by atoms with Crippen LogP contribution in [0.2, 0.25) is 0 Å². The smallest absolute Gasteiger partial charge is 0.407 e. The molecule has 1 saturated heterocycles.